The SMILES string of the molecule is Nc1ccc(Cn2cc(Br)c3ccccc32)c(Cl)c1. The Balaban J connectivity index is 2.06. The minimum Gasteiger partial charge on any atom is -0.399 e. The Morgan fingerprint density at radius 2 is 1.95 bits per heavy atom. The van der Waals surface area contributed by atoms with E-state index in [1.54, 1.807) is 6.07 Å². The van der Waals surface area contributed by atoms with E-state index in [-0.39, 0.29) is 0 Å². The summed E-state index contributed by atoms with van der Waals surface area (Å²) >= 11 is 9.82. The van der Waals surface area contributed by atoms with Crippen LogP contribution >= 0.6 is 27.5 Å². The molecule has 0 aliphatic carbocycles. The lowest BCUT2D eigenvalue weighted by Crippen LogP contribution is -1.99. The summed E-state index contributed by atoms with van der Waals surface area (Å²) in [6.07, 6.45) is 2.08. The van der Waals surface area contributed by atoms with Gasteiger partial charge in [0.25, 0.3) is 0 Å². The van der Waals surface area contributed by atoms with E-state index >= 15 is 0 Å². The molecule has 0 saturated heterocycles. The van der Waals surface area contributed by atoms with E-state index in [1.165, 1.54) is 10.9 Å². The van der Waals surface area contributed by atoms with Crippen LogP contribution in [0.4, 0.5) is 5.69 Å². The number of hydrogen-bond donors (Lipinski definition) is 1. The first-order valence-electron chi connectivity index (χ1n) is 5.92. The summed E-state index contributed by atoms with van der Waals surface area (Å²) in [5, 5.41) is 1.91. The highest BCUT2D eigenvalue weighted by molar-refractivity contribution is 9.10. The van der Waals surface area contributed by atoms with Gasteiger partial charge in [0.2, 0.25) is 0 Å². The van der Waals surface area contributed by atoms with Gasteiger partial charge in [-0.05, 0) is 39.7 Å². The van der Waals surface area contributed by atoms with Gasteiger partial charge in [-0.25, -0.2) is 0 Å². The van der Waals surface area contributed by atoms with Crippen LogP contribution in [0.5, 0.6) is 0 Å². The van der Waals surface area contributed by atoms with Crippen LogP contribution in [0.2, 0.25) is 5.02 Å². The maximum absolute atomic E-state index is 6.23. The molecule has 3 rings (SSSR count). The predicted molar refractivity (Wildman–Crippen MR) is 84.6 cm³/mol. The zero-order valence-corrected chi connectivity index (χ0v) is 12.4. The van der Waals surface area contributed by atoms with Crippen molar-refractivity contribution in [3.63, 3.8) is 0 Å². The van der Waals surface area contributed by atoms with Gasteiger partial charge in [-0.2, -0.15) is 0 Å². The smallest absolute Gasteiger partial charge is 0.0495 e. The fourth-order valence-corrected chi connectivity index (χ4v) is 3.04. The highest BCUT2D eigenvalue weighted by atomic mass is 79.9. The second-order valence-corrected chi connectivity index (χ2v) is 5.73. The molecule has 0 bridgehead atoms. The number of benzene rings is 2. The van der Waals surface area contributed by atoms with Crippen LogP contribution in [-0.4, -0.2) is 4.57 Å². The van der Waals surface area contributed by atoms with Crippen molar-refractivity contribution in [3.8, 4) is 0 Å². The van der Waals surface area contributed by atoms with Crippen molar-refractivity contribution in [2.45, 2.75) is 6.54 Å². The van der Waals surface area contributed by atoms with Gasteiger partial charge in [0.05, 0.1) is 0 Å². The molecule has 0 amide bonds. The first-order valence-corrected chi connectivity index (χ1v) is 7.09. The number of rotatable bonds is 2. The second-order valence-electron chi connectivity index (χ2n) is 4.47. The third kappa shape index (κ3) is 2.36. The molecule has 0 unspecified atom stereocenters. The number of nitrogens with two attached hydrogens (primary N) is 1. The number of fused-ring (bicyclic) bond motifs is 1. The Labute approximate surface area is 124 Å². The Morgan fingerprint density at radius 3 is 2.74 bits per heavy atom. The molecule has 2 N–H and O–H groups in total. The standard InChI is InChI=1S/C15H12BrClN2/c16-13-9-19(15-4-2-1-3-12(13)15)8-10-5-6-11(18)7-14(10)17/h1-7,9H,8,18H2. The van der Waals surface area contributed by atoms with Gasteiger partial charge < -0.3 is 10.3 Å². The van der Waals surface area contributed by atoms with E-state index in [1.807, 2.05) is 24.3 Å². The topological polar surface area (TPSA) is 30.9 Å². The molecule has 96 valence electrons. The van der Waals surface area contributed by atoms with E-state index in [0.717, 1.165) is 16.6 Å². The Bertz CT molecular complexity index is 749. The van der Waals surface area contributed by atoms with Crippen molar-refractivity contribution in [1.82, 2.24) is 4.57 Å². The molecule has 4 heteroatoms. The summed E-state index contributed by atoms with van der Waals surface area (Å²) in [6, 6.07) is 13.9. The van der Waals surface area contributed by atoms with Crippen molar-refractivity contribution in [2.75, 3.05) is 5.73 Å². The largest absolute Gasteiger partial charge is 0.399 e. The Kier molecular flexibility index (Phi) is 3.25. The van der Waals surface area contributed by atoms with Crippen LogP contribution < -0.4 is 5.73 Å². The van der Waals surface area contributed by atoms with Gasteiger partial charge in [-0.15, -0.1) is 0 Å². The Hall–Kier alpha value is -1.45. The van der Waals surface area contributed by atoms with Gasteiger partial charge in [0, 0.05) is 38.8 Å². The lowest BCUT2D eigenvalue weighted by atomic mass is 10.2. The third-order valence-corrected chi connectivity index (χ3v) is 4.14. The molecule has 0 fully saturated rings. The quantitative estimate of drug-likeness (QED) is 0.677. The number of nitrogen functional groups attached to an aromatic ring is 1. The number of hydrogen-bond acceptors (Lipinski definition) is 1. The molecule has 0 atom stereocenters. The molecule has 2 nitrogen and oxygen atoms in total. The molecule has 1 aromatic heterocycles. The molecule has 0 radical (unpaired) electrons. The summed E-state index contributed by atoms with van der Waals surface area (Å²) in [5.74, 6) is 0. The molecular formula is C15H12BrClN2. The fourth-order valence-electron chi connectivity index (χ4n) is 2.21. The fraction of sp³-hybridized carbons (Fsp3) is 0.0667. The number of nitrogens with zero attached hydrogens (tertiary/aromatic N) is 1. The zero-order valence-electron chi connectivity index (χ0n) is 10.1. The maximum Gasteiger partial charge on any atom is 0.0495 e. The Morgan fingerprint density at radius 1 is 1.16 bits per heavy atom. The van der Waals surface area contributed by atoms with Crippen LogP contribution in [0.25, 0.3) is 10.9 Å². The number of para-hydroxylation sites is 1. The lowest BCUT2D eigenvalue weighted by Gasteiger charge is -2.08. The van der Waals surface area contributed by atoms with Crippen LogP contribution in [-0.2, 0) is 6.54 Å². The molecule has 3 aromatic rings. The third-order valence-electron chi connectivity index (χ3n) is 3.16. The summed E-state index contributed by atoms with van der Waals surface area (Å²) in [6.45, 7) is 0.727. The molecule has 0 aliphatic heterocycles. The van der Waals surface area contributed by atoms with E-state index < -0.39 is 0 Å². The van der Waals surface area contributed by atoms with Crippen LogP contribution in [0, 0.1) is 0 Å². The van der Waals surface area contributed by atoms with E-state index in [2.05, 4.69) is 38.8 Å². The van der Waals surface area contributed by atoms with Crippen LogP contribution in [0.15, 0.2) is 53.1 Å². The first-order chi connectivity index (χ1) is 9.15. The first kappa shape index (κ1) is 12.6. The minimum absolute atomic E-state index is 0.687. The van der Waals surface area contributed by atoms with Crippen LogP contribution in [0.1, 0.15) is 5.56 Å². The summed E-state index contributed by atoms with van der Waals surface area (Å²) in [7, 11) is 0. The molecule has 19 heavy (non-hydrogen) atoms. The average Bonchev–Trinajstić information content (AvgIpc) is 2.71. The number of anilines is 1. The zero-order chi connectivity index (χ0) is 13.4. The number of aromatic nitrogens is 1. The lowest BCUT2D eigenvalue weighted by molar-refractivity contribution is 0.835. The predicted octanol–water partition coefficient (Wildman–Crippen LogP) is 4.69. The molecule has 0 spiro atoms. The number of halogens is 2. The maximum atomic E-state index is 6.23. The summed E-state index contributed by atoms with van der Waals surface area (Å²) in [5.41, 5.74) is 8.65. The van der Waals surface area contributed by atoms with Gasteiger partial charge in [-0.3, -0.25) is 0 Å². The van der Waals surface area contributed by atoms with Crippen molar-refractivity contribution in [2.24, 2.45) is 0 Å². The summed E-state index contributed by atoms with van der Waals surface area (Å²) in [4.78, 5) is 0. The normalized spacial score (nSPS) is 11.1. The van der Waals surface area contributed by atoms with Gasteiger partial charge >= 0.3 is 0 Å². The van der Waals surface area contributed by atoms with E-state index in [4.69, 9.17) is 17.3 Å². The van der Waals surface area contributed by atoms with Crippen molar-refractivity contribution in [3.05, 3.63) is 63.7 Å². The van der Waals surface area contributed by atoms with Crippen LogP contribution in [0.3, 0.4) is 0 Å². The van der Waals surface area contributed by atoms with E-state index in [9.17, 15) is 0 Å². The van der Waals surface area contributed by atoms with Crippen molar-refractivity contribution >= 4 is 44.1 Å². The molecular weight excluding hydrogens is 324 g/mol. The highest BCUT2D eigenvalue weighted by Gasteiger charge is 2.08. The minimum atomic E-state index is 0.687. The highest BCUT2D eigenvalue weighted by Crippen LogP contribution is 2.28. The molecule has 2 aromatic carbocycles. The molecule has 0 saturated carbocycles. The second kappa shape index (κ2) is 4.91. The average molecular weight is 336 g/mol. The van der Waals surface area contributed by atoms with Gasteiger partial charge in [0.1, 0.15) is 0 Å². The van der Waals surface area contributed by atoms with E-state index in [0.29, 0.717) is 10.7 Å². The van der Waals surface area contributed by atoms with Gasteiger partial charge in [-0.1, -0.05) is 35.9 Å². The molecule has 0 aliphatic rings. The van der Waals surface area contributed by atoms with Gasteiger partial charge in [0.15, 0.2) is 0 Å². The molecule has 1 heterocycles. The van der Waals surface area contributed by atoms with Crippen molar-refractivity contribution < 1.29 is 0 Å². The summed E-state index contributed by atoms with van der Waals surface area (Å²) < 4.78 is 3.27. The monoisotopic (exact) mass is 334 g/mol. The van der Waals surface area contributed by atoms with Crippen molar-refractivity contribution in [1.29, 1.82) is 0 Å².